The van der Waals surface area contributed by atoms with Gasteiger partial charge in [-0.1, -0.05) is 42.5 Å². The maximum atomic E-state index is 11.7. The van der Waals surface area contributed by atoms with Crippen LogP contribution in [0.3, 0.4) is 0 Å². The highest BCUT2D eigenvalue weighted by atomic mass is 16.4. The molecule has 0 radical (unpaired) electrons. The Kier molecular flexibility index (Phi) is 3.19. The molecule has 0 bridgehead atoms. The number of ketones is 1. The third kappa shape index (κ3) is 2.50. The molecule has 0 saturated heterocycles. The highest BCUT2D eigenvalue weighted by Gasteiger charge is 2.21. The number of aliphatic carboxylic acids is 1. The van der Waals surface area contributed by atoms with Gasteiger partial charge in [0.1, 0.15) is 0 Å². The van der Waals surface area contributed by atoms with Gasteiger partial charge in [-0.2, -0.15) is 0 Å². The topological polar surface area (TPSA) is 54.4 Å². The molecule has 0 aliphatic heterocycles. The van der Waals surface area contributed by atoms with E-state index in [4.69, 9.17) is 5.11 Å². The number of Topliss-reactive ketones (excluding diaryl/α,β-unsaturated/α-hetero) is 1. The van der Waals surface area contributed by atoms with Crippen molar-refractivity contribution in [2.75, 3.05) is 0 Å². The molecule has 86 valence electrons. The van der Waals surface area contributed by atoms with Crippen LogP contribution in [0.5, 0.6) is 0 Å². The van der Waals surface area contributed by atoms with Crippen LogP contribution in [0.15, 0.2) is 53.6 Å². The van der Waals surface area contributed by atoms with E-state index in [0.29, 0.717) is 18.4 Å². The zero-order chi connectivity index (χ0) is 12.3. The van der Waals surface area contributed by atoms with E-state index in [1.165, 1.54) is 6.08 Å². The first-order valence-electron chi connectivity index (χ1n) is 5.38. The lowest BCUT2D eigenvalue weighted by Gasteiger charge is -2.12. The summed E-state index contributed by atoms with van der Waals surface area (Å²) in [5.41, 5.74) is 1.46. The van der Waals surface area contributed by atoms with Crippen LogP contribution in [0, 0.1) is 0 Å². The molecular formula is C14H12O3. The van der Waals surface area contributed by atoms with Gasteiger partial charge in [0, 0.05) is 18.4 Å². The van der Waals surface area contributed by atoms with E-state index < -0.39 is 5.97 Å². The van der Waals surface area contributed by atoms with Crippen LogP contribution in [-0.2, 0) is 16.0 Å². The molecule has 3 heteroatoms. The molecule has 0 atom stereocenters. The monoisotopic (exact) mass is 228 g/mol. The molecule has 2 rings (SSSR count). The van der Waals surface area contributed by atoms with Crippen LogP contribution in [0.2, 0.25) is 0 Å². The van der Waals surface area contributed by atoms with Crippen LogP contribution in [-0.4, -0.2) is 16.9 Å². The molecule has 0 aromatic heterocycles. The van der Waals surface area contributed by atoms with Gasteiger partial charge in [-0.25, -0.2) is 4.79 Å². The largest absolute Gasteiger partial charge is 0.478 e. The summed E-state index contributed by atoms with van der Waals surface area (Å²) in [6.45, 7) is 0. The number of allylic oxidation sites excluding steroid dienone is 2. The summed E-state index contributed by atoms with van der Waals surface area (Å²) in [5, 5.41) is 9.04. The Morgan fingerprint density at radius 3 is 2.59 bits per heavy atom. The van der Waals surface area contributed by atoms with Crippen LogP contribution in [0.1, 0.15) is 12.0 Å². The molecular weight excluding hydrogens is 216 g/mol. The number of carboxylic acids is 1. The lowest BCUT2D eigenvalue weighted by atomic mass is 9.91. The number of carbonyl (C=O) groups is 2. The van der Waals surface area contributed by atoms with Crippen molar-refractivity contribution in [2.45, 2.75) is 12.8 Å². The van der Waals surface area contributed by atoms with E-state index in [-0.39, 0.29) is 11.4 Å². The van der Waals surface area contributed by atoms with Crippen molar-refractivity contribution in [3.63, 3.8) is 0 Å². The van der Waals surface area contributed by atoms with Crippen molar-refractivity contribution >= 4 is 11.8 Å². The van der Waals surface area contributed by atoms with Gasteiger partial charge in [-0.3, -0.25) is 4.79 Å². The number of hydrogen-bond acceptors (Lipinski definition) is 2. The van der Waals surface area contributed by atoms with Crippen molar-refractivity contribution in [1.82, 2.24) is 0 Å². The SMILES string of the molecule is O=C(O)C1=C(Cc2ccccc2)C(=O)CC=C1. The molecule has 0 amide bonds. The summed E-state index contributed by atoms with van der Waals surface area (Å²) in [6.07, 6.45) is 3.78. The fraction of sp³-hybridized carbons (Fsp3) is 0.143. The normalized spacial score (nSPS) is 15.2. The lowest BCUT2D eigenvalue weighted by Crippen LogP contribution is -2.15. The number of hydrogen-bond donors (Lipinski definition) is 1. The molecule has 1 N–H and O–H groups in total. The third-order valence-corrected chi connectivity index (χ3v) is 2.70. The molecule has 1 aromatic carbocycles. The Morgan fingerprint density at radius 1 is 1.24 bits per heavy atom. The Balaban J connectivity index is 2.36. The first kappa shape index (κ1) is 11.3. The van der Waals surface area contributed by atoms with Crippen LogP contribution in [0.4, 0.5) is 0 Å². The standard InChI is InChI=1S/C14H12O3/c15-13-8-4-7-11(14(16)17)12(13)9-10-5-2-1-3-6-10/h1-7H,8-9H2,(H,16,17). The van der Waals surface area contributed by atoms with Gasteiger partial charge in [0.2, 0.25) is 0 Å². The van der Waals surface area contributed by atoms with Crippen LogP contribution < -0.4 is 0 Å². The fourth-order valence-corrected chi connectivity index (χ4v) is 1.85. The van der Waals surface area contributed by atoms with Gasteiger partial charge in [0.15, 0.2) is 5.78 Å². The first-order valence-corrected chi connectivity index (χ1v) is 5.38. The number of benzene rings is 1. The van der Waals surface area contributed by atoms with E-state index >= 15 is 0 Å². The molecule has 0 fully saturated rings. The predicted octanol–water partition coefficient (Wildman–Crippen LogP) is 2.14. The molecule has 17 heavy (non-hydrogen) atoms. The van der Waals surface area contributed by atoms with Crippen molar-refractivity contribution < 1.29 is 14.7 Å². The molecule has 0 heterocycles. The summed E-state index contributed by atoms with van der Waals surface area (Å²) in [5.74, 6) is -1.14. The Labute approximate surface area is 99.1 Å². The third-order valence-electron chi connectivity index (χ3n) is 2.70. The minimum Gasteiger partial charge on any atom is -0.478 e. The molecule has 1 aliphatic carbocycles. The first-order chi connectivity index (χ1) is 8.18. The van der Waals surface area contributed by atoms with Gasteiger partial charge in [-0.05, 0) is 5.56 Å². The van der Waals surface area contributed by atoms with Gasteiger partial charge >= 0.3 is 5.97 Å². The summed E-state index contributed by atoms with van der Waals surface area (Å²) in [4.78, 5) is 22.8. The van der Waals surface area contributed by atoms with E-state index in [9.17, 15) is 9.59 Å². The quantitative estimate of drug-likeness (QED) is 0.862. The lowest BCUT2D eigenvalue weighted by molar-refractivity contribution is -0.132. The molecule has 0 unspecified atom stereocenters. The van der Waals surface area contributed by atoms with Gasteiger partial charge < -0.3 is 5.11 Å². The maximum Gasteiger partial charge on any atom is 0.336 e. The number of carbonyl (C=O) groups excluding carboxylic acids is 1. The van der Waals surface area contributed by atoms with Crippen molar-refractivity contribution in [1.29, 1.82) is 0 Å². The second-order valence-corrected chi connectivity index (χ2v) is 3.89. The second-order valence-electron chi connectivity index (χ2n) is 3.89. The van der Waals surface area contributed by atoms with Crippen LogP contribution in [0.25, 0.3) is 0 Å². The minimum absolute atomic E-state index is 0.103. The average molecular weight is 228 g/mol. The Bertz CT molecular complexity index is 510. The van der Waals surface area contributed by atoms with E-state index in [1.807, 2.05) is 30.3 Å². The van der Waals surface area contributed by atoms with Gasteiger partial charge in [0.05, 0.1) is 5.57 Å². The zero-order valence-electron chi connectivity index (χ0n) is 9.22. The number of carboxylic acid groups (broad SMARTS) is 1. The average Bonchev–Trinajstić information content (AvgIpc) is 2.33. The molecule has 1 aliphatic rings. The van der Waals surface area contributed by atoms with Gasteiger partial charge in [0.25, 0.3) is 0 Å². The molecule has 0 spiro atoms. The Morgan fingerprint density at radius 2 is 1.94 bits per heavy atom. The zero-order valence-corrected chi connectivity index (χ0v) is 9.22. The van der Waals surface area contributed by atoms with Crippen molar-refractivity contribution in [2.24, 2.45) is 0 Å². The number of rotatable bonds is 3. The van der Waals surface area contributed by atoms with Crippen LogP contribution >= 0.6 is 0 Å². The fourth-order valence-electron chi connectivity index (χ4n) is 1.85. The van der Waals surface area contributed by atoms with E-state index in [0.717, 1.165) is 5.56 Å². The highest BCUT2D eigenvalue weighted by molar-refractivity contribution is 6.07. The summed E-state index contributed by atoms with van der Waals surface area (Å²) in [6, 6.07) is 9.41. The highest BCUT2D eigenvalue weighted by Crippen LogP contribution is 2.20. The maximum absolute atomic E-state index is 11.7. The smallest absolute Gasteiger partial charge is 0.336 e. The summed E-state index contributed by atoms with van der Waals surface area (Å²) >= 11 is 0. The predicted molar refractivity (Wildman–Crippen MR) is 63.6 cm³/mol. The van der Waals surface area contributed by atoms with Crippen molar-refractivity contribution in [3.05, 3.63) is 59.2 Å². The summed E-state index contributed by atoms with van der Waals surface area (Å²) < 4.78 is 0. The Hall–Kier alpha value is -2.16. The molecule has 1 aromatic rings. The minimum atomic E-state index is -1.04. The second kappa shape index (κ2) is 4.78. The van der Waals surface area contributed by atoms with Gasteiger partial charge in [-0.15, -0.1) is 0 Å². The van der Waals surface area contributed by atoms with Crippen molar-refractivity contribution in [3.8, 4) is 0 Å². The molecule has 3 nitrogen and oxygen atoms in total. The van der Waals surface area contributed by atoms with E-state index in [2.05, 4.69) is 0 Å². The summed E-state index contributed by atoms with van der Waals surface area (Å²) in [7, 11) is 0. The van der Waals surface area contributed by atoms with E-state index in [1.54, 1.807) is 6.08 Å². The molecule has 0 saturated carbocycles.